The molecule has 3 atom stereocenters. The van der Waals surface area contributed by atoms with Gasteiger partial charge in [0.2, 0.25) is 5.88 Å². The molecule has 0 amide bonds. The van der Waals surface area contributed by atoms with Crippen molar-refractivity contribution >= 4 is 32.9 Å². The van der Waals surface area contributed by atoms with Gasteiger partial charge < -0.3 is 14.4 Å². The first-order valence-corrected chi connectivity index (χ1v) is 11.2. The van der Waals surface area contributed by atoms with Gasteiger partial charge in [0.05, 0.1) is 18.1 Å². The molecule has 1 saturated carbocycles. The van der Waals surface area contributed by atoms with Crippen molar-refractivity contribution in [3.63, 3.8) is 0 Å². The van der Waals surface area contributed by atoms with Gasteiger partial charge in [-0.2, -0.15) is 8.42 Å². The van der Waals surface area contributed by atoms with E-state index in [1.165, 1.54) is 6.33 Å². The summed E-state index contributed by atoms with van der Waals surface area (Å²) >= 11 is 5.91. The van der Waals surface area contributed by atoms with E-state index in [0.717, 1.165) is 10.9 Å². The molecule has 4 rings (SSSR count). The Kier molecular flexibility index (Phi) is 5.94. The molecule has 0 bridgehead atoms. The van der Waals surface area contributed by atoms with Gasteiger partial charge in [0.15, 0.2) is 0 Å². The summed E-state index contributed by atoms with van der Waals surface area (Å²) in [7, 11) is -4.04. The van der Waals surface area contributed by atoms with Gasteiger partial charge in [0.25, 0.3) is 0 Å². The first kappa shape index (κ1) is 21.0. The summed E-state index contributed by atoms with van der Waals surface area (Å²) in [5.74, 6) is 0.120. The van der Waals surface area contributed by atoms with Gasteiger partial charge >= 0.3 is 10.3 Å². The van der Waals surface area contributed by atoms with Crippen molar-refractivity contribution < 1.29 is 22.4 Å². The number of nitrogens with zero attached hydrogens (tertiary/aromatic N) is 3. The first-order valence-electron chi connectivity index (χ1n) is 9.34. The van der Waals surface area contributed by atoms with Gasteiger partial charge in [-0.25, -0.2) is 15.1 Å². The van der Waals surface area contributed by atoms with Crippen LogP contribution in [0.15, 0.2) is 42.9 Å². The SMILES string of the molecule is NS(=O)(=O)OC[C@@H]1C[C@@H](n2ccc3c(OCc4ccc(Cl)cc4)ncnc32)CC1O. The van der Waals surface area contributed by atoms with Gasteiger partial charge in [-0.15, -0.1) is 0 Å². The third-order valence-electron chi connectivity index (χ3n) is 5.23. The maximum Gasteiger partial charge on any atom is 0.333 e. The lowest BCUT2D eigenvalue weighted by Crippen LogP contribution is -2.24. The van der Waals surface area contributed by atoms with Gasteiger partial charge in [-0.3, -0.25) is 4.18 Å². The molecule has 2 heterocycles. The van der Waals surface area contributed by atoms with Crippen molar-refractivity contribution in [2.24, 2.45) is 11.1 Å². The van der Waals surface area contributed by atoms with E-state index in [1.54, 1.807) is 12.1 Å². The molecule has 1 aromatic carbocycles. The summed E-state index contributed by atoms with van der Waals surface area (Å²) in [4.78, 5) is 8.62. The Morgan fingerprint density at radius 3 is 2.70 bits per heavy atom. The minimum Gasteiger partial charge on any atom is -0.472 e. The fourth-order valence-corrected chi connectivity index (χ4v) is 4.24. The van der Waals surface area contributed by atoms with E-state index in [1.807, 2.05) is 29.0 Å². The van der Waals surface area contributed by atoms with Crippen molar-refractivity contribution in [2.75, 3.05) is 6.61 Å². The molecule has 1 fully saturated rings. The highest BCUT2D eigenvalue weighted by molar-refractivity contribution is 7.84. The second-order valence-corrected chi connectivity index (χ2v) is 8.94. The second-order valence-electron chi connectivity index (χ2n) is 7.28. The lowest BCUT2D eigenvalue weighted by molar-refractivity contribution is 0.100. The predicted octanol–water partition coefficient (Wildman–Crippen LogP) is 2.20. The van der Waals surface area contributed by atoms with Crippen LogP contribution in [0.25, 0.3) is 11.0 Å². The molecule has 160 valence electrons. The molecule has 1 aliphatic carbocycles. The van der Waals surface area contributed by atoms with Crippen molar-refractivity contribution in [3.05, 3.63) is 53.4 Å². The summed E-state index contributed by atoms with van der Waals surface area (Å²) in [6.45, 7) is 0.184. The molecular weight excluding hydrogens is 432 g/mol. The molecule has 2 aromatic heterocycles. The van der Waals surface area contributed by atoms with Crippen LogP contribution in [0.2, 0.25) is 5.02 Å². The van der Waals surface area contributed by atoms with Crippen LogP contribution in [-0.4, -0.2) is 40.8 Å². The average Bonchev–Trinajstić information content (AvgIpc) is 3.29. The quantitative estimate of drug-likeness (QED) is 0.562. The number of fused-ring (bicyclic) bond motifs is 1. The molecule has 11 heteroatoms. The highest BCUT2D eigenvalue weighted by Crippen LogP contribution is 2.38. The van der Waals surface area contributed by atoms with Crippen LogP contribution in [0.1, 0.15) is 24.4 Å². The van der Waals surface area contributed by atoms with E-state index in [4.69, 9.17) is 21.5 Å². The number of nitrogens with two attached hydrogens (primary N) is 1. The Hall–Kier alpha value is -2.24. The molecule has 0 radical (unpaired) electrons. The average molecular weight is 453 g/mol. The Morgan fingerprint density at radius 2 is 1.97 bits per heavy atom. The number of aromatic nitrogens is 3. The third kappa shape index (κ3) is 4.73. The summed E-state index contributed by atoms with van der Waals surface area (Å²) in [6, 6.07) is 9.17. The Morgan fingerprint density at radius 1 is 1.20 bits per heavy atom. The maximum atomic E-state index is 11.0. The molecule has 9 nitrogen and oxygen atoms in total. The van der Waals surface area contributed by atoms with Gasteiger partial charge in [0.1, 0.15) is 18.6 Å². The zero-order chi connectivity index (χ0) is 21.3. The number of hydrogen-bond acceptors (Lipinski definition) is 7. The molecule has 0 saturated heterocycles. The van der Waals surface area contributed by atoms with Crippen LogP contribution < -0.4 is 9.88 Å². The van der Waals surface area contributed by atoms with E-state index >= 15 is 0 Å². The van der Waals surface area contributed by atoms with Gasteiger partial charge in [-0.05, 0) is 36.6 Å². The van der Waals surface area contributed by atoms with E-state index in [0.29, 0.717) is 36.0 Å². The Bertz CT molecular complexity index is 1140. The number of aliphatic hydroxyl groups is 1. The lowest BCUT2D eigenvalue weighted by Gasteiger charge is -2.14. The van der Waals surface area contributed by atoms with E-state index in [2.05, 4.69) is 14.2 Å². The fourth-order valence-electron chi connectivity index (χ4n) is 3.75. The van der Waals surface area contributed by atoms with E-state index in [-0.39, 0.29) is 18.6 Å². The van der Waals surface area contributed by atoms with E-state index < -0.39 is 16.4 Å². The van der Waals surface area contributed by atoms with Crippen molar-refractivity contribution in [3.8, 4) is 5.88 Å². The number of ether oxygens (including phenoxy) is 1. The molecule has 3 N–H and O–H groups in total. The van der Waals surface area contributed by atoms with Crippen LogP contribution in [-0.2, 0) is 21.1 Å². The highest BCUT2D eigenvalue weighted by atomic mass is 35.5. The molecule has 0 spiro atoms. The van der Waals surface area contributed by atoms with Gasteiger partial charge in [0, 0.05) is 23.2 Å². The molecular formula is C19H21ClN4O5S. The van der Waals surface area contributed by atoms with E-state index in [9.17, 15) is 13.5 Å². The molecule has 3 aromatic rings. The number of rotatable bonds is 7. The molecule has 0 aliphatic heterocycles. The van der Waals surface area contributed by atoms with Crippen LogP contribution in [0.5, 0.6) is 5.88 Å². The predicted molar refractivity (Wildman–Crippen MR) is 110 cm³/mol. The largest absolute Gasteiger partial charge is 0.472 e. The van der Waals surface area contributed by atoms with Crippen LogP contribution >= 0.6 is 11.6 Å². The monoisotopic (exact) mass is 452 g/mol. The number of hydrogen-bond donors (Lipinski definition) is 2. The van der Waals surface area contributed by atoms with Crippen molar-refractivity contribution in [1.82, 2.24) is 14.5 Å². The first-order chi connectivity index (χ1) is 14.3. The number of halogens is 1. The third-order valence-corrected chi connectivity index (χ3v) is 5.95. The van der Waals surface area contributed by atoms with Gasteiger partial charge in [-0.1, -0.05) is 23.7 Å². The smallest absolute Gasteiger partial charge is 0.333 e. The number of aliphatic hydroxyl groups excluding tert-OH is 1. The zero-order valence-corrected chi connectivity index (χ0v) is 17.5. The summed E-state index contributed by atoms with van der Waals surface area (Å²) < 4.78 is 34.6. The Labute approximate surface area is 178 Å². The van der Waals surface area contributed by atoms with Crippen LogP contribution in [0.4, 0.5) is 0 Å². The van der Waals surface area contributed by atoms with Crippen LogP contribution in [0, 0.1) is 5.92 Å². The van der Waals surface area contributed by atoms with Crippen LogP contribution in [0.3, 0.4) is 0 Å². The standard InChI is InChI=1S/C19H21ClN4O5S/c20-14-3-1-12(2-4-14)9-28-19-16-5-6-24(18(16)22-11-23-19)15-7-13(17(25)8-15)10-29-30(21,26)27/h1-6,11,13,15,17,25H,7-10H2,(H2,21,26,27)/t13-,15+,17?/m0/s1. The minimum absolute atomic E-state index is 0.0643. The highest BCUT2D eigenvalue weighted by Gasteiger charge is 2.35. The second kappa shape index (κ2) is 8.48. The minimum atomic E-state index is -4.04. The summed E-state index contributed by atoms with van der Waals surface area (Å²) in [6.07, 6.45) is 3.59. The van der Waals surface area contributed by atoms with Crippen molar-refractivity contribution in [1.29, 1.82) is 0 Å². The fraction of sp³-hybridized carbons (Fsp3) is 0.368. The topological polar surface area (TPSA) is 130 Å². The van der Waals surface area contributed by atoms with Crippen molar-refractivity contribution in [2.45, 2.75) is 31.6 Å². The Balaban J connectivity index is 1.49. The zero-order valence-electron chi connectivity index (χ0n) is 15.9. The molecule has 30 heavy (non-hydrogen) atoms. The molecule has 1 aliphatic rings. The maximum absolute atomic E-state index is 11.0. The number of benzene rings is 1. The summed E-state index contributed by atoms with van der Waals surface area (Å²) in [5, 5.41) is 16.6. The lowest BCUT2D eigenvalue weighted by atomic mass is 10.1. The normalized spacial score (nSPS) is 21.9. The molecule has 1 unspecified atom stereocenters. The summed E-state index contributed by atoms with van der Waals surface area (Å²) in [5.41, 5.74) is 1.64.